The molecule has 1 aliphatic carbocycles. The van der Waals surface area contributed by atoms with Crippen LogP contribution in [0.4, 0.5) is 0 Å². The number of carbonyl (C=O) groups excluding carboxylic acids is 1. The van der Waals surface area contributed by atoms with E-state index in [0.29, 0.717) is 19.4 Å². The van der Waals surface area contributed by atoms with E-state index in [9.17, 15) is 13.2 Å². The molecule has 1 atom stereocenters. The number of carbonyl (C=O) groups is 1. The maximum absolute atomic E-state index is 11.4. The van der Waals surface area contributed by atoms with Crippen LogP contribution < -0.4 is 5.32 Å². The Morgan fingerprint density at radius 2 is 2.07 bits per heavy atom. The molecule has 1 aliphatic rings. The normalized spacial score (nSPS) is 27.9. The summed E-state index contributed by atoms with van der Waals surface area (Å²) in [6, 6.07) is 0. The molecule has 1 unspecified atom stereocenters. The summed E-state index contributed by atoms with van der Waals surface area (Å²) in [5.74, 6) is -0.172. The highest BCUT2D eigenvalue weighted by Gasteiger charge is 2.29. The van der Waals surface area contributed by atoms with E-state index in [-0.39, 0.29) is 12.0 Å². The van der Waals surface area contributed by atoms with Crippen molar-refractivity contribution in [1.29, 1.82) is 0 Å². The Morgan fingerprint density at radius 3 is 2.47 bits per heavy atom. The molecule has 0 saturated heterocycles. The first kappa shape index (κ1) is 12.4. The van der Waals surface area contributed by atoms with Crippen LogP contribution >= 0.6 is 0 Å². The van der Waals surface area contributed by atoms with Gasteiger partial charge in [0.2, 0.25) is 5.91 Å². The maximum atomic E-state index is 11.4. The van der Waals surface area contributed by atoms with Crippen molar-refractivity contribution < 1.29 is 18.3 Å². The van der Waals surface area contributed by atoms with Crippen molar-refractivity contribution in [3.8, 4) is 0 Å². The molecule has 1 saturated carbocycles. The van der Waals surface area contributed by atoms with Crippen molar-refractivity contribution in [2.45, 2.75) is 31.1 Å². The molecule has 1 rings (SSSR count). The zero-order valence-electron chi connectivity index (χ0n) is 8.93. The molecule has 0 spiro atoms. The number of nitrogens with one attached hydrogen (secondary N) is 1. The molecule has 0 aromatic rings. The standard InChI is InChI=1S/C9H17NO4S/c1-6(15(2,13)14)9(12)10-5-7-3-8(11)4-7/h6-8,11H,3-5H2,1-2H3,(H,10,12). The Hall–Kier alpha value is -0.620. The zero-order chi connectivity index (χ0) is 11.6. The van der Waals surface area contributed by atoms with Gasteiger partial charge in [-0.2, -0.15) is 0 Å². The van der Waals surface area contributed by atoms with E-state index in [2.05, 4.69) is 5.32 Å². The minimum atomic E-state index is -3.31. The third kappa shape index (κ3) is 3.46. The highest BCUT2D eigenvalue weighted by molar-refractivity contribution is 7.92. The lowest BCUT2D eigenvalue weighted by atomic mass is 9.82. The number of rotatable bonds is 4. The van der Waals surface area contributed by atoms with Gasteiger partial charge in [0.25, 0.3) is 0 Å². The SMILES string of the molecule is CC(C(=O)NCC1CC(O)C1)S(C)(=O)=O. The third-order valence-corrected chi connectivity index (χ3v) is 4.29. The van der Waals surface area contributed by atoms with Crippen molar-refractivity contribution in [3.63, 3.8) is 0 Å². The number of amides is 1. The molecule has 15 heavy (non-hydrogen) atoms. The van der Waals surface area contributed by atoms with Gasteiger partial charge < -0.3 is 10.4 Å². The number of aliphatic hydroxyl groups is 1. The predicted molar refractivity (Wildman–Crippen MR) is 56.0 cm³/mol. The minimum Gasteiger partial charge on any atom is -0.393 e. The van der Waals surface area contributed by atoms with E-state index in [1.807, 2.05) is 0 Å². The summed E-state index contributed by atoms with van der Waals surface area (Å²) in [6.45, 7) is 1.83. The molecular formula is C9H17NO4S. The maximum Gasteiger partial charge on any atom is 0.238 e. The molecule has 1 fully saturated rings. The van der Waals surface area contributed by atoms with Gasteiger partial charge in [-0.3, -0.25) is 4.79 Å². The van der Waals surface area contributed by atoms with E-state index < -0.39 is 21.0 Å². The highest BCUT2D eigenvalue weighted by Crippen LogP contribution is 2.26. The van der Waals surface area contributed by atoms with Crippen LogP contribution in [0.15, 0.2) is 0 Å². The Bertz CT molecular complexity index is 332. The molecule has 0 aromatic heterocycles. The monoisotopic (exact) mass is 235 g/mol. The molecule has 88 valence electrons. The van der Waals surface area contributed by atoms with Crippen molar-refractivity contribution >= 4 is 15.7 Å². The van der Waals surface area contributed by atoms with Gasteiger partial charge in [-0.1, -0.05) is 0 Å². The van der Waals surface area contributed by atoms with Crippen LogP contribution in [-0.4, -0.2) is 43.6 Å². The molecule has 0 radical (unpaired) electrons. The molecule has 0 aliphatic heterocycles. The van der Waals surface area contributed by atoms with Crippen molar-refractivity contribution in [1.82, 2.24) is 5.32 Å². The minimum absolute atomic E-state index is 0.251. The van der Waals surface area contributed by atoms with Crippen LogP contribution in [-0.2, 0) is 14.6 Å². The lowest BCUT2D eigenvalue weighted by Crippen LogP contribution is -2.43. The Labute approximate surface area is 89.8 Å². The topological polar surface area (TPSA) is 83.5 Å². The second-order valence-electron chi connectivity index (χ2n) is 4.21. The summed E-state index contributed by atoms with van der Waals surface area (Å²) < 4.78 is 22.1. The second kappa shape index (κ2) is 4.49. The predicted octanol–water partition coefficient (Wildman–Crippen LogP) is -0.693. The number of sulfone groups is 1. The quantitative estimate of drug-likeness (QED) is 0.675. The zero-order valence-corrected chi connectivity index (χ0v) is 9.75. The van der Waals surface area contributed by atoms with Crippen LogP contribution in [0, 0.1) is 5.92 Å². The van der Waals surface area contributed by atoms with E-state index in [1.54, 1.807) is 0 Å². The fourth-order valence-corrected chi connectivity index (χ4v) is 1.92. The summed E-state index contributed by atoms with van der Waals surface area (Å²) in [5.41, 5.74) is 0. The summed E-state index contributed by atoms with van der Waals surface area (Å²) in [5, 5.41) is 10.6. The van der Waals surface area contributed by atoms with Crippen molar-refractivity contribution in [3.05, 3.63) is 0 Å². The molecule has 1 amide bonds. The van der Waals surface area contributed by atoms with Crippen LogP contribution in [0.3, 0.4) is 0 Å². The molecule has 5 nitrogen and oxygen atoms in total. The summed E-state index contributed by atoms with van der Waals surface area (Å²) in [6.07, 6.45) is 2.17. The van der Waals surface area contributed by atoms with Gasteiger partial charge in [-0.15, -0.1) is 0 Å². The van der Waals surface area contributed by atoms with Gasteiger partial charge in [0.15, 0.2) is 9.84 Å². The summed E-state index contributed by atoms with van der Waals surface area (Å²) >= 11 is 0. The van der Waals surface area contributed by atoms with E-state index in [4.69, 9.17) is 5.11 Å². The van der Waals surface area contributed by atoms with E-state index in [1.165, 1.54) is 6.92 Å². The first-order valence-electron chi connectivity index (χ1n) is 4.95. The lowest BCUT2D eigenvalue weighted by molar-refractivity contribution is -0.121. The molecule has 6 heteroatoms. The summed E-state index contributed by atoms with van der Waals surface area (Å²) in [7, 11) is -3.31. The Balaban J connectivity index is 2.30. The van der Waals surface area contributed by atoms with Gasteiger partial charge in [-0.25, -0.2) is 8.42 Å². The first-order chi connectivity index (χ1) is 6.80. The van der Waals surface area contributed by atoms with Crippen LogP contribution in [0.25, 0.3) is 0 Å². The number of aliphatic hydroxyl groups excluding tert-OH is 1. The van der Waals surface area contributed by atoms with E-state index in [0.717, 1.165) is 6.26 Å². The third-order valence-electron chi connectivity index (χ3n) is 2.79. The summed E-state index contributed by atoms with van der Waals surface area (Å²) in [4.78, 5) is 11.4. The fourth-order valence-electron chi connectivity index (χ4n) is 1.45. The molecule has 0 heterocycles. The van der Waals surface area contributed by atoms with Crippen LogP contribution in [0.1, 0.15) is 19.8 Å². The van der Waals surface area contributed by atoms with Crippen molar-refractivity contribution in [2.75, 3.05) is 12.8 Å². The largest absolute Gasteiger partial charge is 0.393 e. The van der Waals surface area contributed by atoms with Gasteiger partial charge >= 0.3 is 0 Å². The average molecular weight is 235 g/mol. The van der Waals surface area contributed by atoms with Gasteiger partial charge in [0.1, 0.15) is 5.25 Å². The van der Waals surface area contributed by atoms with E-state index >= 15 is 0 Å². The molecular weight excluding hydrogens is 218 g/mol. The van der Waals surface area contributed by atoms with Gasteiger partial charge in [-0.05, 0) is 25.7 Å². The number of hydrogen-bond donors (Lipinski definition) is 2. The molecule has 0 aromatic carbocycles. The lowest BCUT2D eigenvalue weighted by Gasteiger charge is -2.31. The first-order valence-corrected chi connectivity index (χ1v) is 6.90. The Morgan fingerprint density at radius 1 is 1.53 bits per heavy atom. The average Bonchev–Trinajstić information content (AvgIpc) is 2.07. The fraction of sp³-hybridized carbons (Fsp3) is 0.889. The van der Waals surface area contributed by atoms with Crippen LogP contribution in [0.2, 0.25) is 0 Å². The number of hydrogen-bond acceptors (Lipinski definition) is 4. The highest BCUT2D eigenvalue weighted by atomic mass is 32.2. The van der Waals surface area contributed by atoms with Gasteiger partial charge in [0, 0.05) is 12.8 Å². The Kier molecular flexibility index (Phi) is 3.72. The molecule has 2 N–H and O–H groups in total. The van der Waals surface area contributed by atoms with Crippen molar-refractivity contribution in [2.24, 2.45) is 5.92 Å². The smallest absolute Gasteiger partial charge is 0.238 e. The van der Waals surface area contributed by atoms with Gasteiger partial charge in [0.05, 0.1) is 6.10 Å². The van der Waals surface area contributed by atoms with Crippen LogP contribution in [0.5, 0.6) is 0 Å². The second-order valence-corrected chi connectivity index (χ2v) is 6.57. The molecule has 0 bridgehead atoms.